The molecule has 0 aromatic rings. The molecule has 0 atom stereocenters. The first-order valence-corrected chi connectivity index (χ1v) is 9.26. The third-order valence-electron chi connectivity index (χ3n) is 5.07. The van der Waals surface area contributed by atoms with Crippen LogP contribution in [0.1, 0.15) is 94.9 Å². The van der Waals surface area contributed by atoms with Crippen LogP contribution >= 0.6 is 0 Å². The minimum absolute atomic E-state index is 0.833. The molecule has 0 saturated heterocycles. The van der Waals surface area contributed by atoms with Gasteiger partial charge in [0, 0.05) is 0 Å². The summed E-state index contributed by atoms with van der Waals surface area (Å²) in [5.41, 5.74) is 0. The zero-order valence-electron chi connectivity index (χ0n) is 16.3. The van der Waals surface area contributed by atoms with E-state index in [4.69, 9.17) is 0 Å². The van der Waals surface area contributed by atoms with Gasteiger partial charge in [-0.2, -0.15) is 0 Å². The van der Waals surface area contributed by atoms with Crippen molar-refractivity contribution in [2.75, 3.05) is 0 Å². The Labute approximate surface area is 131 Å². The summed E-state index contributed by atoms with van der Waals surface area (Å²) in [6.45, 7) is 23.2. The van der Waals surface area contributed by atoms with Crippen molar-refractivity contribution in [3.63, 3.8) is 0 Å². The Morgan fingerprint density at radius 2 is 0.650 bits per heavy atom. The summed E-state index contributed by atoms with van der Waals surface area (Å²) in [5, 5.41) is 0. The van der Waals surface area contributed by atoms with Crippen LogP contribution in [0.2, 0.25) is 0 Å². The van der Waals surface area contributed by atoms with Crippen LogP contribution in [0.5, 0.6) is 0 Å². The molecule has 0 aliphatic heterocycles. The van der Waals surface area contributed by atoms with Crippen molar-refractivity contribution < 1.29 is 0 Å². The van der Waals surface area contributed by atoms with E-state index in [2.05, 4.69) is 69.2 Å². The number of hydrogen-bond donors (Lipinski definition) is 0. The molecule has 0 nitrogen and oxygen atoms in total. The fourth-order valence-corrected chi connectivity index (χ4v) is 4.22. The van der Waals surface area contributed by atoms with Crippen molar-refractivity contribution in [2.45, 2.75) is 94.9 Å². The smallest absolute Gasteiger partial charge is 0.0345 e. The van der Waals surface area contributed by atoms with Crippen LogP contribution in [0.25, 0.3) is 0 Å². The van der Waals surface area contributed by atoms with Gasteiger partial charge in [-0.3, -0.25) is 0 Å². The zero-order valence-corrected chi connectivity index (χ0v) is 16.3. The maximum absolute atomic E-state index is 2.32. The largest absolute Gasteiger partial charge is 0.0651 e. The molecule has 0 aliphatic carbocycles. The second-order valence-corrected chi connectivity index (χ2v) is 7.46. The van der Waals surface area contributed by atoms with E-state index in [1.807, 2.05) is 0 Å². The molecule has 124 valence electrons. The van der Waals surface area contributed by atoms with Crippen LogP contribution < -0.4 is 0 Å². The molecule has 0 radical (unpaired) electrons. The fourth-order valence-electron chi connectivity index (χ4n) is 4.22. The topological polar surface area (TPSA) is 0 Å². The van der Waals surface area contributed by atoms with Crippen LogP contribution in [0.3, 0.4) is 0 Å². The highest BCUT2D eigenvalue weighted by molar-refractivity contribution is 4.69. The van der Waals surface area contributed by atoms with E-state index in [9.17, 15) is 0 Å². The molecule has 0 bridgehead atoms. The molecule has 0 aliphatic rings. The molecule has 0 aromatic heterocycles. The predicted molar refractivity (Wildman–Crippen MR) is 96.1 cm³/mol. The van der Waals surface area contributed by atoms with Gasteiger partial charge >= 0.3 is 0 Å². The average molecular weight is 285 g/mol. The highest BCUT2D eigenvalue weighted by Crippen LogP contribution is 2.27. The maximum atomic E-state index is 2.32. The standard InChI is InChI=1S/2C10H22/c1-7(2)10(8(3)4)9(5)6;1-5-9(6-2)10(7-3)8-4/h7-10H,1-6H3;9-10H,5-8H2,1-4H3. The molecule has 0 saturated carbocycles. The van der Waals surface area contributed by atoms with Crippen molar-refractivity contribution >= 4 is 0 Å². The van der Waals surface area contributed by atoms with Crippen LogP contribution in [0, 0.1) is 35.5 Å². The van der Waals surface area contributed by atoms with Crippen LogP contribution in [0.4, 0.5) is 0 Å². The highest BCUT2D eigenvalue weighted by atomic mass is 14.3. The van der Waals surface area contributed by atoms with Crippen molar-refractivity contribution in [3.8, 4) is 0 Å². The zero-order chi connectivity index (χ0) is 16.3. The molecule has 0 aromatic carbocycles. The lowest BCUT2D eigenvalue weighted by Crippen LogP contribution is -2.21. The maximum Gasteiger partial charge on any atom is -0.0345 e. The van der Waals surface area contributed by atoms with Crippen molar-refractivity contribution in [2.24, 2.45) is 35.5 Å². The molecule has 0 heterocycles. The van der Waals surface area contributed by atoms with Gasteiger partial charge in [-0.1, -0.05) is 94.9 Å². The Balaban J connectivity index is 0. The summed E-state index contributed by atoms with van der Waals surface area (Å²) < 4.78 is 0. The summed E-state index contributed by atoms with van der Waals surface area (Å²) in [5.74, 6) is 5.35. The van der Waals surface area contributed by atoms with Gasteiger partial charge in [0.1, 0.15) is 0 Å². The lowest BCUT2D eigenvalue weighted by atomic mass is 9.78. The molecule has 0 N–H and O–H groups in total. The Hall–Kier alpha value is 0. The highest BCUT2D eigenvalue weighted by Gasteiger charge is 2.20. The third-order valence-corrected chi connectivity index (χ3v) is 5.07. The molecular formula is C20H44. The lowest BCUT2D eigenvalue weighted by molar-refractivity contribution is 0.212. The Kier molecular flexibility index (Phi) is 14.2. The van der Waals surface area contributed by atoms with E-state index in [-0.39, 0.29) is 0 Å². The van der Waals surface area contributed by atoms with E-state index in [0.29, 0.717) is 0 Å². The number of rotatable bonds is 8. The average Bonchev–Trinajstić information content (AvgIpc) is 2.34. The Morgan fingerprint density at radius 3 is 0.700 bits per heavy atom. The third kappa shape index (κ3) is 9.03. The van der Waals surface area contributed by atoms with Crippen molar-refractivity contribution in [1.29, 1.82) is 0 Å². The van der Waals surface area contributed by atoms with E-state index >= 15 is 0 Å². The van der Waals surface area contributed by atoms with Gasteiger partial charge in [-0.05, 0) is 35.5 Å². The summed E-state index contributed by atoms with van der Waals surface area (Å²) in [4.78, 5) is 0. The normalized spacial score (nSPS) is 12.0. The Morgan fingerprint density at radius 1 is 0.450 bits per heavy atom. The minimum atomic E-state index is 0.833. The van der Waals surface area contributed by atoms with Gasteiger partial charge in [0.2, 0.25) is 0 Å². The summed E-state index contributed by atoms with van der Waals surface area (Å²) in [6, 6.07) is 0. The first-order chi connectivity index (χ1) is 9.26. The molecule has 0 unspecified atom stereocenters. The van der Waals surface area contributed by atoms with Crippen LogP contribution in [0.15, 0.2) is 0 Å². The van der Waals surface area contributed by atoms with E-state index < -0.39 is 0 Å². The molecule has 0 fully saturated rings. The first kappa shape index (κ1) is 22.3. The lowest BCUT2D eigenvalue weighted by Gasteiger charge is -2.28. The molecule has 0 heteroatoms. The molecule has 0 amide bonds. The second kappa shape index (κ2) is 12.7. The van der Waals surface area contributed by atoms with E-state index in [1.165, 1.54) is 25.7 Å². The minimum Gasteiger partial charge on any atom is -0.0651 e. The van der Waals surface area contributed by atoms with Crippen molar-refractivity contribution in [1.82, 2.24) is 0 Å². The van der Waals surface area contributed by atoms with Gasteiger partial charge in [-0.15, -0.1) is 0 Å². The summed E-state index contributed by atoms with van der Waals surface area (Å²) in [7, 11) is 0. The van der Waals surface area contributed by atoms with Crippen molar-refractivity contribution in [3.05, 3.63) is 0 Å². The Bertz CT molecular complexity index is 153. The van der Waals surface area contributed by atoms with Crippen LogP contribution in [-0.4, -0.2) is 0 Å². The first-order valence-electron chi connectivity index (χ1n) is 9.26. The number of hydrogen-bond acceptors (Lipinski definition) is 0. The SMILES string of the molecule is CC(C)C(C(C)C)C(C)C.CCC(CC)C(CC)CC. The van der Waals surface area contributed by atoms with E-state index in [1.54, 1.807) is 0 Å². The van der Waals surface area contributed by atoms with Gasteiger partial charge in [-0.25, -0.2) is 0 Å². The van der Waals surface area contributed by atoms with Gasteiger partial charge < -0.3 is 0 Å². The summed E-state index contributed by atoms with van der Waals surface area (Å²) >= 11 is 0. The monoisotopic (exact) mass is 284 g/mol. The predicted octanol–water partition coefficient (Wildman–Crippen LogP) is 7.43. The van der Waals surface area contributed by atoms with Gasteiger partial charge in [0.25, 0.3) is 0 Å². The summed E-state index contributed by atoms with van der Waals surface area (Å²) in [6.07, 6.45) is 5.46. The quantitative estimate of drug-likeness (QED) is 0.434. The molecule has 0 rings (SSSR count). The molecule has 0 spiro atoms. The van der Waals surface area contributed by atoms with Gasteiger partial charge in [0.05, 0.1) is 0 Å². The van der Waals surface area contributed by atoms with Crippen LogP contribution in [-0.2, 0) is 0 Å². The van der Waals surface area contributed by atoms with Gasteiger partial charge in [0.15, 0.2) is 0 Å². The molecule has 20 heavy (non-hydrogen) atoms. The second-order valence-electron chi connectivity index (χ2n) is 7.46. The molecular weight excluding hydrogens is 240 g/mol. The fraction of sp³-hybridized carbons (Fsp3) is 1.00. The van der Waals surface area contributed by atoms with E-state index in [0.717, 1.165) is 35.5 Å².